The van der Waals surface area contributed by atoms with Crippen molar-refractivity contribution in [2.24, 2.45) is 0 Å². The van der Waals surface area contributed by atoms with Crippen molar-refractivity contribution in [3.05, 3.63) is 74.6 Å². The Kier molecular flexibility index (Phi) is 5.67. The lowest BCUT2D eigenvalue weighted by molar-refractivity contribution is 0.0733. The van der Waals surface area contributed by atoms with Crippen molar-refractivity contribution in [3.63, 3.8) is 0 Å². The molecule has 1 amide bonds. The van der Waals surface area contributed by atoms with Gasteiger partial charge < -0.3 is 9.64 Å². The lowest BCUT2D eigenvalue weighted by Gasteiger charge is -2.22. The van der Waals surface area contributed by atoms with Crippen LogP contribution in [0.1, 0.15) is 27.0 Å². The quantitative estimate of drug-likeness (QED) is 0.592. The SMILES string of the molecule is CCOc1ccc(C(=O)N(Cc2cccs2)Cc2cccs2)cc1. The summed E-state index contributed by atoms with van der Waals surface area (Å²) in [6.07, 6.45) is 0. The molecule has 0 spiro atoms. The Bertz CT molecular complexity index is 713. The highest BCUT2D eigenvalue weighted by molar-refractivity contribution is 7.10. The van der Waals surface area contributed by atoms with Gasteiger partial charge in [-0.1, -0.05) is 12.1 Å². The molecule has 0 aliphatic carbocycles. The topological polar surface area (TPSA) is 29.5 Å². The molecule has 0 atom stereocenters. The number of carbonyl (C=O) groups is 1. The number of carbonyl (C=O) groups excluding carboxylic acids is 1. The van der Waals surface area contributed by atoms with E-state index in [1.165, 1.54) is 9.75 Å². The molecule has 3 aromatic rings. The van der Waals surface area contributed by atoms with E-state index in [2.05, 4.69) is 12.1 Å². The third kappa shape index (κ3) is 4.24. The van der Waals surface area contributed by atoms with Crippen LogP contribution in [0, 0.1) is 0 Å². The number of nitrogens with zero attached hydrogens (tertiary/aromatic N) is 1. The maximum Gasteiger partial charge on any atom is 0.254 e. The highest BCUT2D eigenvalue weighted by Gasteiger charge is 2.17. The van der Waals surface area contributed by atoms with Gasteiger partial charge in [0.1, 0.15) is 5.75 Å². The number of rotatable bonds is 7. The molecular formula is C19H19NO2S2. The minimum atomic E-state index is 0.0415. The molecule has 0 aliphatic heterocycles. The molecule has 0 aliphatic rings. The maximum atomic E-state index is 13.0. The number of amides is 1. The van der Waals surface area contributed by atoms with E-state index in [0.29, 0.717) is 25.3 Å². The van der Waals surface area contributed by atoms with E-state index in [0.717, 1.165) is 5.75 Å². The number of hydrogen-bond acceptors (Lipinski definition) is 4. The van der Waals surface area contributed by atoms with Crippen LogP contribution in [0.15, 0.2) is 59.3 Å². The van der Waals surface area contributed by atoms with Crippen LogP contribution in [0.3, 0.4) is 0 Å². The average molecular weight is 358 g/mol. The molecule has 3 rings (SSSR count). The first-order valence-corrected chi connectivity index (χ1v) is 9.59. The van der Waals surface area contributed by atoms with Gasteiger partial charge in [-0.3, -0.25) is 4.79 Å². The van der Waals surface area contributed by atoms with E-state index in [1.807, 2.05) is 59.0 Å². The number of benzene rings is 1. The maximum absolute atomic E-state index is 13.0. The lowest BCUT2D eigenvalue weighted by Crippen LogP contribution is -2.29. The van der Waals surface area contributed by atoms with Crippen molar-refractivity contribution < 1.29 is 9.53 Å². The second-order valence-corrected chi connectivity index (χ2v) is 7.34. The van der Waals surface area contributed by atoms with Gasteiger partial charge >= 0.3 is 0 Å². The van der Waals surface area contributed by atoms with Gasteiger partial charge in [0.2, 0.25) is 0 Å². The Morgan fingerprint density at radius 1 is 0.958 bits per heavy atom. The molecule has 3 nitrogen and oxygen atoms in total. The number of ether oxygens (including phenoxy) is 1. The summed E-state index contributed by atoms with van der Waals surface area (Å²) in [5.74, 6) is 0.831. The van der Waals surface area contributed by atoms with E-state index >= 15 is 0 Å². The predicted molar refractivity (Wildman–Crippen MR) is 99.8 cm³/mol. The molecule has 0 radical (unpaired) electrons. The van der Waals surface area contributed by atoms with Gasteiger partial charge in [0.05, 0.1) is 19.7 Å². The molecule has 0 fully saturated rings. The zero-order chi connectivity index (χ0) is 16.8. The standard InChI is InChI=1S/C19H19NO2S2/c1-2-22-16-9-7-15(8-10-16)19(21)20(13-17-5-3-11-23-17)14-18-6-4-12-24-18/h3-12H,2,13-14H2,1H3. The molecule has 2 heterocycles. The Morgan fingerprint density at radius 2 is 1.54 bits per heavy atom. The number of thiophene rings is 2. The third-order valence-corrected chi connectivity index (χ3v) is 5.28. The Hall–Kier alpha value is -2.11. The zero-order valence-corrected chi connectivity index (χ0v) is 15.1. The van der Waals surface area contributed by atoms with Gasteiger partial charge in [0, 0.05) is 15.3 Å². The van der Waals surface area contributed by atoms with Crippen molar-refractivity contribution in [1.82, 2.24) is 4.90 Å². The van der Waals surface area contributed by atoms with Crippen molar-refractivity contribution in [2.45, 2.75) is 20.0 Å². The van der Waals surface area contributed by atoms with Crippen LogP contribution >= 0.6 is 22.7 Å². The first kappa shape index (κ1) is 16.7. The van der Waals surface area contributed by atoms with Crippen LogP contribution in [-0.4, -0.2) is 17.4 Å². The highest BCUT2D eigenvalue weighted by Crippen LogP contribution is 2.20. The minimum Gasteiger partial charge on any atom is -0.494 e. The molecule has 0 N–H and O–H groups in total. The Balaban J connectivity index is 1.79. The molecule has 0 bridgehead atoms. The van der Waals surface area contributed by atoms with E-state index in [1.54, 1.807) is 22.7 Å². The van der Waals surface area contributed by atoms with Gasteiger partial charge in [0.25, 0.3) is 5.91 Å². The Morgan fingerprint density at radius 3 is 2.00 bits per heavy atom. The van der Waals surface area contributed by atoms with E-state index in [9.17, 15) is 4.79 Å². The van der Waals surface area contributed by atoms with Gasteiger partial charge in [-0.25, -0.2) is 0 Å². The molecule has 5 heteroatoms. The first-order chi connectivity index (χ1) is 11.8. The highest BCUT2D eigenvalue weighted by atomic mass is 32.1. The Labute approximate surface area is 150 Å². The fourth-order valence-electron chi connectivity index (χ4n) is 2.42. The smallest absolute Gasteiger partial charge is 0.254 e. The summed E-state index contributed by atoms with van der Waals surface area (Å²) < 4.78 is 5.45. The lowest BCUT2D eigenvalue weighted by atomic mass is 10.2. The predicted octanol–water partition coefficient (Wildman–Crippen LogP) is 5.05. The first-order valence-electron chi connectivity index (χ1n) is 7.83. The van der Waals surface area contributed by atoms with E-state index < -0.39 is 0 Å². The van der Waals surface area contributed by atoms with Crippen LogP contribution in [-0.2, 0) is 13.1 Å². The molecule has 0 saturated carbocycles. The molecule has 1 aromatic carbocycles. The van der Waals surface area contributed by atoms with Gasteiger partial charge in [-0.05, 0) is 54.1 Å². The van der Waals surface area contributed by atoms with Crippen molar-refractivity contribution >= 4 is 28.6 Å². The summed E-state index contributed by atoms with van der Waals surface area (Å²) in [4.78, 5) is 17.2. The van der Waals surface area contributed by atoms with E-state index in [-0.39, 0.29) is 5.91 Å². The zero-order valence-electron chi connectivity index (χ0n) is 13.5. The molecule has 2 aromatic heterocycles. The largest absolute Gasteiger partial charge is 0.494 e. The van der Waals surface area contributed by atoms with Crippen LogP contribution in [0.4, 0.5) is 0 Å². The van der Waals surface area contributed by atoms with Gasteiger partial charge in [-0.2, -0.15) is 0 Å². The third-order valence-electron chi connectivity index (χ3n) is 3.55. The monoisotopic (exact) mass is 357 g/mol. The minimum absolute atomic E-state index is 0.0415. The fraction of sp³-hybridized carbons (Fsp3) is 0.211. The van der Waals surface area contributed by atoms with Crippen LogP contribution < -0.4 is 4.74 Å². The normalized spacial score (nSPS) is 10.5. The molecular weight excluding hydrogens is 338 g/mol. The summed E-state index contributed by atoms with van der Waals surface area (Å²) in [5.41, 5.74) is 0.687. The van der Waals surface area contributed by atoms with E-state index in [4.69, 9.17) is 4.74 Å². The molecule has 124 valence electrons. The average Bonchev–Trinajstić information content (AvgIpc) is 3.28. The fourth-order valence-corrected chi connectivity index (χ4v) is 3.86. The number of hydrogen-bond donors (Lipinski definition) is 0. The summed E-state index contributed by atoms with van der Waals surface area (Å²) in [6, 6.07) is 15.5. The molecule has 0 saturated heterocycles. The van der Waals surface area contributed by atoms with Crippen molar-refractivity contribution in [3.8, 4) is 5.75 Å². The second kappa shape index (κ2) is 8.13. The van der Waals surface area contributed by atoms with Crippen molar-refractivity contribution in [2.75, 3.05) is 6.61 Å². The summed E-state index contributed by atoms with van der Waals surface area (Å²) in [5, 5.41) is 4.08. The van der Waals surface area contributed by atoms with Crippen LogP contribution in [0.5, 0.6) is 5.75 Å². The summed E-state index contributed by atoms with van der Waals surface area (Å²) in [6.45, 7) is 3.82. The molecule has 24 heavy (non-hydrogen) atoms. The van der Waals surface area contributed by atoms with Gasteiger partial charge in [0.15, 0.2) is 0 Å². The van der Waals surface area contributed by atoms with Crippen molar-refractivity contribution in [1.29, 1.82) is 0 Å². The summed E-state index contributed by atoms with van der Waals surface area (Å²) in [7, 11) is 0. The van der Waals surface area contributed by atoms with Gasteiger partial charge in [-0.15, -0.1) is 22.7 Å². The van der Waals surface area contributed by atoms with Crippen LogP contribution in [0.25, 0.3) is 0 Å². The summed E-state index contributed by atoms with van der Waals surface area (Å²) >= 11 is 3.35. The van der Waals surface area contributed by atoms with Crippen LogP contribution in [0.2, 0.25) is 0 Å². The second-order valence-electron chi connectivity index (χ2n) is 5.28. The molecule has 0 unspecified atom stereocenters.